The molecule has 3 heterocycles. The summed E-state index contributed by atoms with van der Waals surface area (Å²) in [6.45, 7) is 4.22. The van der Waals surface area contributed by atoms with Gasteiger partial charge in [-0.15, -0.1) is 0 Å². The Balaban J connectivity index is 1.66. The van der Waals surface area contributed by atoms with E-state index in [9.17, 15) is 4.79 Å². The van der Waals surface area contributed by atoms with Crippen LogP contribution in [0.2, 0.25) is 0 Å². The maximum Gasteiger partial charge on any atom is 0.228 e. The normalized spacial score (nSPS) is 22.5. The van der Waals surface area contributed by atoms with Gasteiger partial charge < -0.3 is 19.3 Å². The number of hydrogen-bond donors (Lipinski definition) is 0. The topological polar surface area (TPSA) is 67.8 Å². The van der Waals surface area contributed by atoms with E-state index in [1.807, 2.05) is 4.90 Å². The van der Waals surface area contributed by atoms with Crippen LogP contribution < -0.4 is 9.64 Å². The van der Waals surface area contributed by atoms with Gasteiger partial charge in [-0.1, -0.05) is 0 Å². The lowest BCUT2D eigenvalue weighted by atomic mass is 9.96. The van der Waals surface area contributed by atoms with E-state index in [4.69, 9.17) is 9.47 Å². The Morgan fingerprint density at radius 1 is 1.36 bits per heavy atom. The molecule has 3 rings (SSSR count). The monoisotopic (exact) mass is 306 g/mol. The summed E-state index contributed by atoms with van der Waals surface area (Å²) in [6.07, 6.45) is 3.59. The first-order chi connectivity index (χ1) is 10.8. The van der Waals surface area contributed by atoms with E-state index in [1.54, 1.807) is 19.4 Å². The molecule has 0 bridgehead atoms. The molecule has 2 saturated heterocycles. The molecule has 2 fully saturated rings. The Labute approximate surface area is 130 Å². The van der Waals surface area contributed by atoms with Gasteiger partial charge >= 0.3 is 0 Å². The highest BCUT2D eigenvalue weighted by molar-refractivity contribution is 5.79. The zero-order chi connectivity index (χ0) is 15.4. The molecule has 1 atom stereocenters. The molecule has 0 aliphatic carbocycles. The molecule has 120 valence electrons. The van der Waals surface area contributed by atoms with E-state index >= 15 is 0 Å². The van der Waals surface area contributed by atoms with Gasteiger partial charge in [-0.05, 0) is 12.8 Å². The first-order valence-corrected chi connectivity index (χ1v) is 7.76. The van der Waals surface area contributed by atoms with Crippen molar-refractivity contribution in [2.24, 2.45) is 5.92 Å². The summed E-state index contributed by atoms with van der Waals surface area (Å²) in [6, 6.07) is 1.73. The smallest absolute Gasteiger partial charge is 0.228 e. The molecule has 2 aliphatic heterocycles. The Morgan fingerprint density at radius 3 is 2.95 bits per heavy atom. The highest BCUT2D eigenvalue weighted by atomic mass is 16.5. The number of nitrogens with zero attached hydrogens (tertiary/aromatic N) is 4. The minimum absolute atomic E-state index is 0.0154. The summed E-state index contributed by atoms with van der Waals surface area (Å²) < 4.78 is 10.5. The van der Waals surface area contributed by atoms with Crippen molar-refractivity contribution in [1.82, 2.24) is 14.9 Å². The average Bonchev–Trinajstić information content (AvgIpc) is 2.62. The number of carbonyl (C=O) groups excluding carboxylic acids is 1. The zero-order valence-electron chi connectivity index (χ0n) is 12.9. The summed E-state index contributed by atoms with van der Waals surface area (Å²) in [5.41, 5.74) is 0. The molecule has 7 heteroatoms. The fourth-order valence-corrected chi connectivity index (χ4v) is 3.00. The van der Waals surface area contributed by atoms with Crippen molar-refractivity contribution in [2.45, 2.75) is 12.8 Å². The molecule has 0 aromatic carbocycles. The van der Waals surface area contributed by atoms with Gasteiger partial charge in [0.15, 0.2) is 0 Å². The second kappa shape index (κ2) is 6.91. The molecule has 7 nitrogen and oxygen atoms in total. The standard InChI is InChI=1S/C15H22N4O3/c1-21-13-4-5-16-15(17-13)19-6-2-3-12(11-19)14(20)18-7-9-22-10-8-18/h4-5,12H,2-3,6-11H2,1H3/t12-/m0/s1. The molecule has 0 spiro atoms. The molecule has 1 amide bonds. The van der Waals surface area contributed by atoms with Crippen LogP contribution in [-0.4, -0.2) is 67.3 Å². The zero-order valence-corrected chi connectivity index (χ0v) is 12.9. The van der Waals surface area contributed by atoms with Crippen LogP contribution in [0, 0.1) is 5.92 Å². The number of methoxy groups -OCH3 is 1. The molecule has 0 radical (unpaired) electrons. The molecule has 1 aromatic rings. The second-order valence-corrected chi connectivity index (χ2v) is 5.62. The lowest BCUT2D eigenvalue weighted by molar-refractivity contribution is -0.139. The highest BCUT2D eigenvalue weighted by Crippen LogP contribution is 2.23. The van der Waals surface area contributed by atoms with Crippen molar-refractivity contribution < 1.29 is 14.3 Å². The lowest BCUT2D eigenvalue weighted by Crippen LogP contribution is -2.48. The number of rotatable bonds is 3. The van der Waals surface area contributed by atoms with Gasteiger partial charge in [-0.3, -0.25) is 4.79 Å². The largest absolute Gasteiger partial charge is 0.481 e. The van der Waals surface area contributed by atoms with Crippen LogP contribution in [0.4, 0.5) is 5.95 Å². The molecule has 0 unspecified atom stereocenters. The van der Waals surface area contributed by atoms with Gasteiger partial charge in [-0.2, -0.15) is 4.98 Å². The minimum atomic E-state index is 0.0154. The van der Waals surface area contributed by atoms with Crippen molar-refractivity contribution in [3.05, 3.63) is 12.3 Å². The third-order valence-corrected chi connectivity index (χ3v) is 4.20. The number of morpholine rings is 1. The first kappa shape index (κ1) is 15.0. The Bertz CT molecular complexity index is 519. The van der Waals surface area contributed by atoms with Gasteiger partial charge in [0.05, 0.1) is 26.2 Å². The number of amides is 1. The minimum Gasteiger partial charge on any atom is -0.481 e. The lowest BCUT2D eigenvalue weighted by Gasteiger charge is -2.36. The number of hydrogen-bond acceptors (Lipinski definition) is 6. The summed E-state index contributed by atoms with van der Waals surface area (Å²) in [7, 11) is 1.59. The molecular weight excluding hydrogens is 284 g/mol. The van der Waals surface area contributed by atoms with Crippen LogP contribution in [0.5, 0.6) is 5.88 Å². The average molecular weight is 306 g/mol. The van der Waals surface area contributed by atoms with E-state index in [-0.39, 0.29) is 11.8 Å². The highest BCUT2D eigenvalue weighted by Gasteiger charge is 2.31. The molecule has 22 heavy (non-hydrogen) atoms. The van der Waals surface area contributed by atoms with Crippen LogP contribution in [-0.2, 0) is 9.53 Å². The fourth-order valence-electron chi connectivity index (χ4n) is 3.00. The van der Waals surface area contributed by atoms with Gasteiger partial charge in [-0.25, -0.2) is 4.98 Å². The van der Waals surface area contributed by atoms with Crippen molar-refractivity contribution in [3.63, 3.8) is 0 Å². The van der Waals surface area contributed by atoms with Gasteiger partial charge in [0.1, 0.15) is 0 Å². The summed E-state index contributed by atoms with van der Waals surface area (Å²) in [5, 5.41) is 0. The van der Waals surface area contributed by atoms with Crippen molar-refractivity contribution in [1.29, 1.82) is 0 Å². The van der Waals surface area contributed by atoms with E-state index in [2.05, 4.69) is 14.9 Å². The fraction of sp³-hybridized carbons (Fsp3) is 0.667. The maximum absolute atomic E-state index is 12.6. The number of piperidine rings is 1. The van der Waals surface area contributed by atoms with Gasteiger partial charge in [0.25, 0.3) is 0 Å². The summed E-state index contributed by atoms with van der Waals surface area (Å²) in [4.78, 5) is 25.3. The second-order valence-electron chi connectivity index (χ2n) is 5.62. The molecule has 1 aromatic heterocycles. The third-order valence-electron chi connectivity index (χ3n) is 4.20. The van der Waals surface area contributed by atoms with E-state index in [1.165, 1.54) is 0 Å². The van der Waals surface area contributed by atoms with Crippen LogP contribution in [0.1, 0.15) is 12.8 Å². The van der Waals surface area contributed by atoms with E-state index in [0.717, 1.165) is 19.4 Å². The summed E-state index contributed by atoms with van der Waals surface area (Å²) >= 11 is 0. The molecule has 0 saturated carbocycles. The van der Waals surface area contributed by atoms with Crippen LogP contribution in [0.3, 0.4) is 0 Å². The van der Waals surface area contributed by atoms with Crippen molar-refractivity contribution in [3.8, 4) is 5.88 Å². The van der Waals surface area contributed by atoms with Crippen LogP contribution in [0.15, 0.2) is 12.3 Å². The number of anilines is 1. The molecule has 0 N–H and O–H groups in total. The first-order valence-electron chi connectivity index (χ1n) is 7.76. The van der Waals surface area contributed by atoms with Gasteiger partial charge in [0, 0.05) is 38.4 Å². The van der Waals surface area contributed by atoms with Crippen LogP contribution >= 0.6 is 0 Å². The van der Waals surface area contributed by atoms with Crippen LogP contribution in [0.25, 0.3) is 0 Å². The number of ether oxygens (including phenoxy) is 2. The van der Waals surface area contributed by atoms with Crippen molar-refractivity contribution in [2.75, 3.05) is 51.4 Å². The van der Waals surface area contributed by atoms with E-state index < -0.39 is 0 Å². The predicted octanol–water partition coefficient (Wildman–Crippen LogP) is 0.560. The maximum atomic E-state index is 12.6. The SMILES string of the molecule is COc1ccnc(N2CCC[C@H](C(=O)N3CCOCC3)C2)n1. The van der Waals surface area contributed by atoms with Gasteiger partial charge in [0.2, 0.25) is 17.7 Å². The third kappa shape index (κ3) is 3.30. The quantitative estimate of drug-likeness (QED) is 0.813. The molecule has 2 aliphatic rings. The predicted molar refractivity (Wildman–Crippen MR) is 80.9 cm³/mol. The summed E-state index contributed by atoms with van der Waals surface area (Å²) in [5.74, 6) is 1.43. The Hall–Kier alpha value is -1.89. The number of aromatic nitrogens is 2. The van der Waals surface area contributed by atoms with E-state index in [0.29, 0.717) is 44.7 Å². The Morgan fingerprint density at radius 2 is 2.18 bits per heavy atom. The molecular formula is C15H22N4O3. The number of carbonyl (C=O) groups is 1. The van der Waals surface area contributed by atoms with Crippen molar-refractivity contribution >= 4 is 11.9 Å². The Kier molecular flexibility index (Phi) is 4.72.